The number of benzene rings is 1. The zero-order valence-corrected chi connectivity index (χ0v) is 14.6. The average molecular weight is 337 g/mol. The Labute approximate surface area is 148 Å². The van der Waals surface area contributed by atoms with E-state index in [-0.39, 0.29) is 12.1 Å². The smallest absolute Gasteiger partial charge is 0.322 e. The van der Waals surface area contributed by atoms with Gasteiger partial charge in [-0.1, -0.05) is 19.9 Å². The predicted octanol–water partition coefficient (Wildman–Crippen LogP) is 3.57. The van der Waals surface area contributed by atoms with Crippen LogP contribution in [0.1, 0.15) is 44.0 Å². The molecule has 2 amide bonds. The number of imidazole rings is 1. The lowest BCUT2D eigenvalue weighted by molar-refractivity contribution is 0.200. The van der Waals surface area contributed by atoms with E-state index in [4.69, 9.17) is 5.26 Å². The van der Waals surface area contributed by atoms with Crippen LogP contribution in [-0.2, 0) is 6.54 Å². The van der Waals surface area contributed by atoms with Crippen LogP contribution in [0.25, 0.3) is 0 Å². The number of carbonyl (C=O) groups excluding carboxylic acids is 1. The number of hydrogen-bond acceptors (Lipinski definition) is 3. The minimum absolute atomic E-state index is 0.108. The second-order valence-electron chi connectivity index (χ2n) is 6.70. The molecule has 1 fully saturated rings. The van der Waals surface area contributed by atoms with E-state index >= 15 is 0 Å². The van der Waals surface area contributed by atoms with Gasteiger partial charge in [-0.25, -0.2) is 9.78 Å². The van der Waals surface area contributed by atoms with Crippen LogP contribution < -0.4 is 5.32 Å². The number of hydrogen-bond donors (Lipinski definition) is 1. The molecule has 130 valence electrons. The van der Waals surface area contributed by atoms with Gasteiger partial charge in [0.1, 0.15) is 5.82 Å². The minimum atomic E-state index is -0.108. The summed E-state index contributed by atoms with van der Waals surface area (Å²) in [6, 6.07) is 9.13. The Morgan fingerprint density at radius 2 is 2.32 bits per heavy atom. The van der Waals surface area contributed by atoms with Gasteiger partial charge in [-0.3, -0.25) is 0 Å². The molecule has 1 aromatic heterocycles. The van der Waals surface area contributed by atoms with Gasteiger partial charge < -0.3 is 14.8 Å². The highest BCUT2D eigenvalue weighted by Gasteiger charge is 2.29. The van der Waals surface area contributed by atoms with E-state index in [0.29, 0.717) is 17.2 Å². The van der Waals surface area contributed by atoms with Crippen LogP contribution in [0.4, 0.5) is 10.5 Å². The summed E-state index contributed by atoms with van der Waals surface area (Å²) in [4.78, 5) is 19.0. The first-order valence-electron chi connectivity index (χ1n) is 8.67. The van der Waals surface area contributed by atoms with Crippen LogP contribution in [-0.4, -0.2) is 33.1 Å². The summed E-state index contributed by atoms with van der Waals surface area (Å²) in [7, 11) is 0. The van der Waals surface area contributed by atoms with E-state index in [1.165, 1.54) is 0 Å². The van der Waals surface area contributed by atoms with Gasteiger partial charge in [-0.2, -0.15) is 5.26 Å². The van der Waals surface area contributed by atoms with Crippen molar-refractivity contribution >= 4 is 11.7 Å². The van der Waals surface area contributed by atoms with Crippen molar-refractivity contribution in [1.29, 1.82) is 5.26 Å². The number of urea groups is 1. The molecule has 0 spiro atoms. The summed E-state index contributed by atoms with van der Waals surface area (Å²) >= 11 is 0. The van der Waals surface area contributed by atoms with E-state index < -0.39 is 0 Å². The fraction of sp³-hybridized carbons (Fsp3) is 0.421. The van der Waals surface area contributed by atoms with E-state index in [1.807, 2.05) is 17.3 Å². The van der Waals surface area contributed by atoms with E-state index in [0.717, 1.165) is 31.8 Å². The number of nitrogens with one attached hydrogen (secondary N) is 1. The summed E-state index contributed by atoms with van der Waals surface area (Å²) in [5, 5.41) is 11.9. The van der Waals surface area contributed by atoms with Gasteiger partial charge >= 0.3 is 6.03 Å². The molecule has 1 N–H and O–H groups in total. The maximum Gasteiger partial charge on any atom is 0.322 e. The van der Waals surface area contributed by atoms with Gasteiger partial charge in [-0.05, 0) is 31.0 Å². The molecule has 1 aliphatic rings. The summed E-state index contributed by atoms with van der Waals surface area (Å²) in [6.07, 6.45) is 5.80. The number of carbonyl (C=O) groups is 1. The van der Waals surface area contributed by atoms with E-state index in [9.17, 15) is 4.79 Å². The third-order valence-electron chi connectivity index (χ3n) is 4.55. The Hall–Kier alpha value is -2.81. The molecule has 2 aromatic rings. The Kier molecular flexibility index (Phi) is 5.03. The molecule has 0 bridgehead atoms. The standard InChI is InChI=1S/C19H23N5O/c1-14(2)18-21-8-10-23(18)13-17-7-4-9-24(17)19(25)22-16-6-3-5-15(11-16)12-20/h3,5-6,8,10-11,14,17H,4,7,9,13H2,1-2H3,(H,22,25)/t17-/m0/s1. The van der Waals surface area contributed by atoms with E-state index in [2.05, 4.69) is 34.8 Å². The zero-order chi connectivity index (χ0) is 17.8. The van der Waals surface area contributed by atoms with Gasteiger partial charge in [-0.15, -0.1) is 0 Å². The minimum Gasteiger partial charge on any atom is -0.333 e. The van der Waals surface area contributed by atoms with Crippen LogP contribution in [0.5, 0.6) is 0 Å². The van der Waals surface area contributed by atoms with Crippen molar-refractivity contribution in [2.75, 3.05) is 11.9 Å². The number of nitrogens with zero attached hydrogens (tertiary/aromatic N) is 4. The molecule has 0 unspecified atom stereocenters. The highest BCUT2D eigenvalue weighted by molar-refractivity contribution is 5.89. The fourth-order valence-corrected chi connectivity index (χ4v) is 3.36. The number of rotatable bonds is 4. The first-order valence-corrected chi connectivity index (χ1v) is 8.67. The molecular weight excluding hydrogens is 314 g/mol. The fourth-order valence-electron chi connectivity index (χ4n) is 3.36. The van der Waals surface area contributed by atoms with Crippen molar-refractivity contribution in [2.45, 2.75) is 45.2 Å². The molecule has 1 aromatic carbocycles. The Bertz CT molecular complexity index is 789. The maximum absolute atomic E-state index is 12.7. The topological polar surface area (TPSA) is 74.0 Å². The summed E-state index contributed by atoms with van der Waals surface area (Å²) < 4.78 is 2.15. The number of nitriles is 1. The number of anilines is 1. The van der Waals surface area contributed by atoms with Gasteiger partial charge in [0.15, 0.2) is 0 Å². The summed E-state index contributed by atoms with van der Waals surface area (Å²) in [6.45, 7) is 5.76. The first kappa shape index (κ1) is 17.0. The van der Waals surface area contributed by atoms with Crippen molar-refractivity contribution < 1.29 is 4.79 Å². The second-order valence-corrected chi connectivity index (χ2v) is 6.70. The monoisotopic (exact) mass is 337 g/mol. The number of amides is 2. The van der Waals surface area contributed by atoms with Crippen molar-refractivity contribution in [3.63, 3.8) is 0 Å². The van der Waals surface area contributed by atoms with Crippen LogP contribution in [0, 0.1) is 11.3 Å². The molecular formula is C19H23N5O. The van der Waals surface area contributed by atoms with Crippen LogP contribution in [0.3, 0.4) is 0 Å². The normalized spacial score (nSPS) is 16.9. The molecule has 3 rings (SSSR count). The molecule has 2 heterocycles. The highest BCUT2D eigenvalue weighted by atomic mass is 16.2. The van der Waals surface area contributed by atoms with Gasteiger partial charge in [0.2, 0.25) is 0 Å². The van der Waals surface area contributed by atoms with Crippen LogP contribution in [0.15, 0.2) is 36.7 Å². The molecule has 1 atom stereocenters. The Morgan fingerprint density at radius 3 is 3.08 bits per heavy atom. The lowest BCUT2D eigenvalue weighted by Crippen LogP contribution is -2.41. The molecule has 0 aliphatic carbocycles. The molecule has 0 saturated carbocycles. The second kappa shape index (κ2) is 7.39. The van der Waals surface area contributed by atoms with Crippen molar-refractivity contribution in [1.82, 2.24) is 14.5 Å². The summed E-state index contributed by atoms with van der Waals surface area (Å²) in [5.41, 5.74) is 1.19. The highest BCUT2D eigenvalue weighted by Crippen LogP contribution is 2.22. The maximum atomic E-state index is 12.7. The van der Waals surface area contributed by atoms with Crippen molar-refractivity contribution in [2.24, 2.45) is 0 Å². The SMILES string of the molecule is CC(C)c1nccn1C[C@@H]1CCCN1C(=O)Nc1cccc(C#N)c1. The van der Waals surface area contributed by atoms with E-state index in [1.54, 1.807) is 24.3 Å². The number of likely N-dealkylation sites (tertiary alicyclic amines) is 1. The first-order chi connectivity index (χ1) is 12.1. The average Bonchev–Trinajstić information content (AvgIpc) is 3.24. The largest absolute Gasteiger partial charge is 0.333 e. The lowest BCUT2D eigenvalue weighted by Gasteiger charge is -2.26. The summed E-state index contributed by atoms with van der Waals surface area (Å²) in [5.74, 6) is 1.40. The molecule has 1 saturated heterocycles. The molecule has 1 aliphatic heterocycles. The third kappa shape index (κ3) is 3.82. The third-order valence-corrected chi connectivity index (χ3v) is 4.55. The molecule has 0 radical (unpaired) electrons. The molecule has 6 nitrogen and oxygen atoms in total. The zero-order valence-electron chi connectivity index (χ0n) is 14.6. The predicted molar refractivity (Wildman–Crippen MR) is 96.2 cm³/mol. The van der Waals surface area contributed by atoms with Crippen molar-refractivity contribution in [3.05, 3.63) is 48.0 Å². The van der Waals surface area contributed by atoms with Crippen LogP contribution in [0.2, 0.25) is 0 Å². The van der Waals surface area contributed by atoms with Crippen LogP contribution >= 0.6 is 0 Å². The van der Waals surface area contributed by atoms with Gasteiger partial charge in [0.25, 0.3) is 0 Å². The Morgan fingerprint density at radius 1 is 1.48 bits per heavy atom. The molecule has 6 heteroatoms. The quantitative estimate of drug-likeness (QED) is 0.927. The molecule has 25 heavy (non-hydrogen) atoms. The van der Waals surface area contributed by atoms with Gasteiger partial charge in [0.05, 0.1) is 17.7 Å². The van der Waals surface area contributed by atoms with Crippen molar-refractivity contribution in [3.8, 4) is 6.07 Å². The number of aromatic nitrogens is 2. The Balaban J connectivity index is 1.69. The van der Waals surface area contributed by atoms with Gasteiger partial charge in [0, 0.05) is 37.1 Å². The lowest BCUT2D eigenvalue weighted by atomic mass is 10.2.